The number of hydrogen-bond acceptors (Lipinski definition) is 2. The van der Waals surface area contributed by atoms with Crippen LogP contribution in [0.15, 0.2) is 17.1 Å². The molecule has 0 saturated carbocycles. The fraction of sp³-hybridized carbons (Fsp3) is 0.750. The third-order valence-corrected chi connectivity index (χ3v) is 4.17. The molecule has 1 atom stereocenters. The van der Waals surface area contributed by atoms with E-state index in [-0.39, 0.29) is 0 Å². The van der Waals surface area contributed by atoms with Gasteiger partial charge in [0.2, 0.25) is 0 Å². The monoisotopic (exact) mass is 239 g/mol. The summed E-state index contributed by atoms with van der Waals surface area (Å²) in [6.45, 7) is 3.02. The average molecular weight is 239 g/mol. The van der Waals surface area contributed by atoms with Gasteiger partial charge >= 0.3 is 0 Å². The first-order chi connectivity index (χ1) is 7.86. The molecule has 4 heteroatoms. The van der Waals surface area contributed by atoms with Crippen LogP contribution in [-0.4, -0.2) is 42.0 Å². The van der Waals surface area contributed by atoms with Gasteiger partial charge in [0.25, 0.3) is 0 Å². The van der Waals surface area contributed by atoms with E-state index in [1.54, 1.807) is 0 Å². The van der Waals surface area contributed by atoms with Gasteiger partial charge in [-0.15, -0.1) is 0 Å². The molecule has 16 heavy (non-hydrogen) atoms. The van der Waals surface area contributed by atoms with E-state index in [4.69, 9.17) is 5.73 Å². The van der Waals surface area contributed by atoms with Gasteiger partial charge in [0.15, 0.2) is 5.96 Å². The van der Waals surface area contributed by atoms with Crippen LogP contribution >= 0.6 is 11.8 Å². The summed E-state index contributed by atoms with van der Waals surface area (Å²) in [7, 11) is 0. The summed E-state index contributed by atoms with van der Waals surface area (Å²) in [4.78, 5) is 6.77. The van der Waals surface area contributed by atoms with E-state index in [9.17, 15) is 0 Å². The van der Waals surface area contributed by atoms with Gasteiger partial charge in [-0.3, -0.25) is 4.99 Å². The molecule has 0 aromatic carbocycles. The Morgan fingerprint density at radius 1 is 1.38 bits per heavy atom. The molecule has 0 radical (unpaired) electrons. The van der Waals surface area contributed by atoms with Crippen LogP contribution in [-0.2, 0) is 0 Å². The number of guanidine groups is 1. The van der Waals surface area contributed by atoms with Crippen molar-refractivity contribution in [2.24, 2.45) is 16.6 Å². The Labute approximate surface area is 102 Å². The zero-order valence-electron chi connectivity index (χ0n) is 9.77. The molecule has 0 aromatic rings. The summed E-state index contributed by atoms with van der Waals surface area (Å²) in [5.74, 6) is 3.84. The maximum absolute atomic E-state index is 6.01. The second kappa shape index (κ2) is 6.18. The van der Waals surface area contributed by atoms with Gasteiger partial charge in [-0.05, 0) is 25.2 Å². The van der Waals surface area contributed by atoms with Gasteiger partial charge in [0, 0.05) is 31.1 Å². The van der Waals surface area contributed by atoms with Crippen LogP contribution in [0.2, 0.25) is 0 Å². The normalized spacial score (nSPS) is 27.1. The van der Waals surface area contributed by atoms with Crippen molar-refractivity contribution >= 4 is 17.7 Å². The highest BCUT2D eigenvalue weighted by Gasteiger charge is 2.13. The molecule has 1 saturated heterocycles. The highest BCUT2D eigenvalue weighted by atomic mass is 32.2. The predicted molar refractivity (Wildman–Crippen MR) is 71.9 cm³/mol. The zero-order valence-corrected chi connectivity index (χ0v) is 10.6. The summed E-state index contributed by atoms with van der Waals surface area (Å²) in [5.41, 5.74) is 6.01. The van der Waals surface area contributed by atoms with Crippen LogP contribution in [0.5, 0.6) is 0 Å². The molecule has 0 unspecified atom stereocenters. The van der Waals surface area contributed by atoms with Crippen LogP contribution in [0.4, 0.5) is 0 Å². The highest BCUT2D eigenvalue weighted by Crippen LogP contribution is 2.18. The second-order valence-electron chi connectivity index (χ2n) is 4.45. The molecule has 0 bridgehead atoms. The maximum Gasteiger partial charge on any atom is 0.191 e. The molecule has 90 valence electrons. The van der Waals surface area contributed by atoms with E-state index in [1.165, 1.54) is 30.8 Å². The quantitative estimate of drug-likeness (QED) is 0.453. The molecule has 1 aliphatic heterocycles. The number of nitrogens with zero attached hydrogens (tertiary/aromatic N) is 2. The Hall–Kier alpha value is -0.640. The predicted octanol–water partition coefficient (Wildman–Crippen LogP) is 1.71. The summed E-state index contributed by atoms with van der Waals surface area (Å²) in [5, 5.41) is 0. The number of allylic oxidation sites excluding steroid dienone is 2. The van der Waals surface area contributed by atoms with Crippen molar-refractivity contribution in [3.05, 3.63) is 12.2 Å². The molecule has 1 heterocycles. The van der Waals surface area contributed by atoms with Crippen molar-refractivity contribution in [2.45, 2.75) is 19.3 Å². The molecule has 3 nitrogen and oxygen atoms in total. The Bertz CT molecular complexity index is 269. The number of nitrogens with two attached hydrogens (primary N) is 1. The summed E-state index contributed by atoms with van der Waals surface area (Å²) < 4.78 is 0. The highest BCUT2D eigenvalue weighted by molar-refractivity contribution is 7.99. The number of hydrogen-bond donors (Lipinski definition) is 1. The minimum absolute atomic E-state index is 0.711. The molecule has 2 N–H and O–H groups in total. The van der Waals surface area contributed by atoms with Gasteiger partial charge in [-0.2, -0.15) is 11.8 Å². The Balaban J connectivity index is 1.78. The largest absolute Gasteiger partial charge is 0.370 e. The SMILES string of the molecule is NC(=NC[C@@H]1CC=CCC1)N1CCSCC1. The van der Waals surface area contributed by atoms with Crippen LogP contribution in [0, 0.1) is 5.92 Å². The lowest BCUT2D eigenvalue weighted by atomic mass is 9.95. The van der Waals surface area contributed by atoms with Crippen molar-refractivity contribution in [3.8, 4) is 0 Å². The van der Waals surface area contributed by atoms with Crippen molar-refractivity contribution in [1.29, 1.82) is 0 Å². The number of aliphatic imine (C=N–C) groups is 1. The number of thioether (sulfide) groups is 1. The van der Waals surface area contributed by atoms with Crippen LogP contribution < -0.4 is 5.73 Å². The van der Waals surface area contributed by atoms with Crippen molar-refractivity contribution < 1.29 is 0 Å². The molecule has 0 spiro atoms. The summed E-state index contributed by atoms with van der Waals surface area (Å²) >= 11 is 2.00. The lowest BCUT2D eigenvalue weighted by Gasteiger charge is -2.27. The van der Waals surface area contributed by atoms with Gasteiger partial charge in [0.1, 0.15) is 0 Å². The van der Waals surface area contributed by atoms with E-state index >= 15 is 0 Å². The molecule has 1 fully saturated rings. The lowest BCUT2D eigenvalue weighted by Crippen LogP contribution is -2.42. The fourth-order valence-corrected chi connectivity index (χ4v) is 3.04. The standard InChI is InChI=1S/C12H21N3S/c13-12(15-6-8-16-9-7-15)14-10-11-4-2-1-3-5-11/h1-2,11H,3-10H2,(H2,13,14)/t11-/m1/s1. The molecule has 1 aliphatic carbocycles. The number of rotatable bonds is 2. The zero-order chi connectivity index (χ0) is 11.2. The van der Waals surface area contributed by atoms with Gasteiger partial charge in [-0.1, -0.05) is 12.2 Å². The van der Waals surface area contributed by atoms with Gasteiger partial charge in [-0.25, -0.2) is 0 Å². The van der Waals surface area contributed by atoms with Gasteiger partial charge < -0.3 is 10.6 Å². The lowest BCUT2D eigenvalue weighted by molar-refractivity contribution is 0.445. The first-order valence-corrected chi connectivity index (χ1v) is 7.29. The topological polar surface area (TPSA) is 41.6 Å². The second-order valence-corrected chi connectivity index (χ2v) is 5.67. The average Bonchev–Trinajstić information content (AvgIpc) is 2.38. The van der Waals surface area contributed by atoms with Gasteiger partial charge in [0.05, 0.1) is 0 Å². The molecule has 0 aromatic heterocycles. The Kier molecular flexibility index (Phi) is 4.57. The van der Waals surface area contributed by atoms with E-state index in [0.29, 0.717) is 5.92 Å². The first kappa shape index (κ1) is 11.8. The van der Waals surface area contributed by atoms with E-state index < -0.39 is 0 Å². The third kappa shape index (κ3) is 3.44. The van der Waals surface area contributed by atoms with Crippen LogP contribution in [0.25, 0.3) is 0 Å². The van der Waals surface area contributed by atoms with Crippen molar-refractivity contribution in [3.63, 3.8) is 0 Å². The summed E-state index contributed by atoms with van der Waals surface area (Å²) in [6.07, 6.45) is 8.19. The first-order valence-electron chi connectivity index (χ1n) is 6.14. The van der Waals surface area contributed by atoms with Crippen molar-refractivity contribution in [1.82, 2.24) is 4.90 Å². The van der Waals surface area contributed by atoms with E-state index in [0.717, 1.165) is 25.6 Å². The maximum atomic E-state index is 6.01. The fourth-order valence-electron chi connectivity index (χ4n) is 2.14. The van der Waals surface area contributed by atoms with Crippen LogP contribution in [0.1, 0.15) is 19.3 Å². The minimum atomic E-state index is 0.711. The van der Waals surface area contributed by atoms with E-state index in [2.05, 4.69) is 22.0 Å². The Morgan fingerprint density at radius 3 is 2.88 bits per heavy atom. The Morgan fingerprint density at radius 2 is 2.19 bits per heavy atom. The van der Waals surface area contributed by atoms with E-state index in [1.807, 2.05) is 11.8 Å². The molecular weight excluding hydrogens is 218 g/mol. The third-order valence-electron chi connectivity index (χ3n) is 3.22. The van der Waals surface area contributed by atoms with Crippen molar-refractivity contribution in [2.75, 3.05) is 31.1 Å². The summed E-state index contributed by atoms with van der Waals surface area (Å²) in [6, 6.07) is 0. The van der Waals surface area contributed by atoms with Crippen LogP contribution in [0.3, 0.4) is 0 Å². The molecular formula is C12H21N3S. The minimum Gasteiger partial charge on any atom is -0.370 e. The smallest absolute Gasteiger partial charge is 0.191 e. The molecule has 2 rings (SSSR count). The molecule has 2 aliphatic rings. The molecule has 0 amide bonds.